The van der Waals surface area contributed by atoms with Gasteiger partial charge in [0.25, 0.3) is 0 Å². The number of aromatic nitrogens is 1. The summed E-state index contributed by atoms with van der Waals surface area (Å²) in [5.41, 5.74) is 0. The van der Waals surface area contributed by atoms with Crippen molar-refractivity contribution in [3.05, 3.63) is 58.5 Å². The van der Waals surface area contributed by atoms with Crippen molar-refractivity contribution in [2.24, 2.45) is 0 Å². The molecule has 3 aromatic rings. The normalized spacial score (nSPS) is 10.5. The average molecular weight is 269 g/mol. The SMILES string of the molecule is O=Cc1cnc(COc2ccc3ccccc3c2)s1. The first kappa shape index (κ1) is 11.9. The molecule has 1 heterocycles. The third kappa shape index (κ3) is 2.63. The van der Waals surface area contributed by atoms with E-state index < -0.39 is 0 Å². The van der Waals surface area contributed by atoms with Crippen LogP contribution in [0.15, 0.2) is 48.7 Å². The Labute approximate surface area is 114 Å². The minimum atomic E-state index is 0.386. The van der Waals surface area contributed by atoms with Gasteiger partial charge in [-0.05, 0) is 22.9 Å². The second-order valence-corrected chi connectivity index (χ2v) is 5.22. The first-order chi connectivity index (χ1) is 9.35. The lowest BCUT2D eigenvalue weighted by Gasteiger charge is -2.05. The molecule has 1 aromatic heterocycles. The van der Waals surface area contributed by atoms with Crippen molar-refractivity contribution in [3.8, 4) is 5.75 Å². The number of aldehydes is 1. The number of thiazole rings is 1. The number of carbonyl (C=O) groups excluding carboxylic acids is 1. The molecule has 19 heavy (non-hydrogen) atoms. The molecule has 0 atom stereocenters. The Morgan fingerprint density at radius 3 is 2.79 bits per heavy atom. The zero-order chi connectivity index (χ0) is 13.1. The standard InChI is InChI=1S/C15H11NO2S/c17-9-14-8-16-15(19-14)10-18-13-6-5-11-3-1-2-4-12(11)7-13/h1-9H,10H2. The molecule has 3 nitrogen and oxygen atoms in total. The molecule has 0 radical (unpaired) electrons. The van der Waals surface area contributed by atoms with Crippen LogP contribution in [0, 0.1) is 0 Å². The summed E-state index contributed by atoms with van der Waals surface area (Å²) in [5, 5.41) is 3.13. The number of benzene rings is 2. The molecule has 0 N–H and O–H groups in total. The van der Waals surface area contributed by atoms with E-state index in [0.717, 1.165) is 22.4 Å². The van der Waals surface area contributed by atoms with Crippen molar-refractivity contribution >= 4 is 28.4 Å². The lowest BCUT2D eigenvalue weighted by Crippen LogP contribution is -1.94. The maximum atomic E-state index is 10.6. The number of fused-ring (bicyclic) bond motifs is 1. The van der Waals surface area contributed by atoms with E-state index in [1.807, 2.05) is 30.3 Å². The van der Waals surface area contributed by atoms with Gasteiger partial charge in [0.2, 0.25) is 0 Å². The van der Waals surface area contributed by atoms with Gasteiger partial charge in [-0.2, -0.15) is 0 Å². The Morgan fingerprint density at radius 1 is 1.16 bits per heavy atom. The van der Waals surface area contributed by atoms with E-state index in [4.69, 9.17) is 4.74 Å². The zero-order valence-electron chi connectivity index (χ0n) is 10.1. The molecule has 0 saturated carbocycles. The highest BCUT2D eigenvalue weighted by Gasteiger charge is 2.02. The van der Waals surface area contributed by atoms with E-state index in [1.54, 1.807) is 6.20 Å². The highest BCUT2D eigenvalue weighted by molar-refractivity contribution is 7.13. The topological polar surface area (TPSA) is 39.2 Å². The van der Waals surface area contributed by atoms with Crippen molar-refractivity contribution in [3.63, 3.8) is 0 Å². The summed E-state index contributed by atoms with van der Waals surface area (Å²) in [7, 11) is 0. The monoisotopic (exact) mass is 269 g/mol. The molecular formula is C15H11NO2S. The fourth-order valence-corrected chi connectivity index (χ4v) is 2.50. The van der Waals surface area contributed by atoms with Crippen LogP contribution in [0.2, 0.25) is 0 Å². The van der Waals surface area contributed by atoms with Gasteiger partial charge in [-0.15, -0.1) is 11.3 Å². The summed E-state index contributed by atoms with van der Waals surface area (Å²) in [6, 6.07) is 14.1. The summed E-state index contributed by atoms with van der Waals surface area (Å²) in [6.45, 7) is 0.386. The first-order valence-electron chi connectivity index (χ1n) is 5.86. The smallest absolute Gasteiger partial charge is 0.161 e. The van der Waals surface area contributed by atoms with Gasteiger partial charge in [-0.3, -0.25) is 4.79 Å². The van der Waals surface area contributed by atoms with Gasteiger partial charge in [0.05, 0.1) is 4.88 Å². The van der Waals surface area contributed by atoms with E-state index in [0.29, 0.717) is 11.5 Å². The minimum Gasteiger partial charge on any atom is -0.486 e. The fourth-order valence-electron chi connectivity index (χ4n) is 1.85. The summed E-state index contributed by atoms with van der Waals surface area (Å²) in [5.74, 6) is 0.807. The van der Waals surface area contributed by atoms with E-state index in [2.05, 4.69) is 17.1 Å². The molecule has 94 valence electrons. The fraction of sp³-hybridized carbons (Fsp3) is 0.0667. The summed E-state index contributed by atoms with van der Waals surface area (Å²) >= 11 is 1.35. The maximum Gasteiger partial charge on any atom is 0.161 e. The minimum absolute atomic E-state index is 0.386. The van der Waals surface area contributed by atoms with Crippen LogP contribution in [0.25, 0.3) is 10.8 Å². The van der Waals surface area contributed by atoms with Crippen LogP contribution in [-0.2, 0) is 6.61 Å². The highest BCUT2D eigenvalue weighted by Crippen LogP contribution is 2.22. The maximum absolute atomic E-state index is 10.6. The van der Waals surface area contributed by atoms with Gasteiger partial charge >= 0.3 is 0 Å². The Bertz CT molecular complexity index is 721. The Hall–Kier alpha value is -2.20. The largest absolute Gasteiger partial charge is 0.486 e. The molecule has 0 bridgehead atoms. The van der Waals surface area contributed by atoms with Crippen LogP contribution in [0.5, 0.6) is 5.75 Å². The van der Waals surface area contributed by atoms with Crippen molar-refractivity contribution in [2.45, 2.75) is 6.61 Å². The Morgan fingerprint density at radius 2 is 2.00 bits per heavy atom. The van der Waals surface area contributed by atoms with Crippen LogP contribution >= 0.6 is 11.3 Å². The van der Waals surface area contributed by atoms with Crippen molar-refractivity contribution in [1.82, 2.24) is 4.98 Å². The third-order valence-electron chi connectivity index (χ3n) is 2.77. The summed E-state index contributed by atoms with van der Waals surface area (Å²) in [4.78, 5) is 15.3. The van der Waals surface area contributed by atoms with Crippen molar-refractivity contribution in [1.29, 1.82) is 0 Å². The number of hydrogen-bond acceptors (Lipinski definition) is 4. The molecule has 0 amide bonds. The van der Waals surface area contributed by atoms with Crippen LogP contribution < -0.4 is 4.74 Å². The van der Waals surface area contributed by atoms with E-state index >= 15 is 0 Å². The van der Waals surface area contributed by atoms with Gasteiger partial charge < -0.3 is 4.74 Å². The molecule has 3 rings (SSSR count). The molecule has 0 unspecified atom stereocenters. The van der Waals surface area contributed by atoms with Gasteiger partial charge in [-0.1, -0.05) is 30.3 Å². The average Bonchev–Trinajstić information content (AvgIpc) is 2.93. The number of nitrogens with zero attached hydrogens (tertiary/aromatic N) is 1. The molecular weight excluding hydrogens is 258 g/mol. The van der Waals surface area contributed by atoms with Crippen LogP contribution in [0.4, 0.5) is 0 Å². The number of hydrogen-bond donors (Lipinski definition) is 0. The molecule has 0 saturated heterocycles. The van der Waals surface area contributed by atoms with Gasteiger partial charge in [0, 0.05) is 6.20 Å². The van der Waals surface area contributed by atoms with E-state index in [-0.39, 0.29) is 0 Å². The van der Waals surface area contributed by atoms with Crippen LogP contribution in [0.3, 0.4) is 0 Å². The Kier molecular flexibility index (Phi) is 3.25. The van der Waals surface area contributed by atoms with Crippen molar-refractivity contribution in [2.75, 3.05) is 0 Å². The molecule has 0 fully saturated rings. The molecule has 0 aliphatic carbocycles. The third-order valence-corrected chi connectivity index (χ3v) is 3.67. The van der Waals surface area contributed by atoms with E-state index in [9.17, 15) is 4.79 Å². The van der Waals surface area contributed by atoms with Crippen LogP contribution in [-0.4, -0.2) is 11.3 Å². The number of ether oxygens (including phenoxy) is 1. The molecule has 0 spiro atoms. The zero-order valence-corrected chi connectivity index (χ0v) is 10.9. The van der Waals surface area contributed by atoms with Gasteiger partial charge in [-0.25, -0.2) is 4.98 Å². The lowest BCUT2D eigenvalue weighted by atomic mass is 10.1. The molecule has 4 heteroatoms. The highest BCUT2D eigenvalue weighted by atomic mass is 32.1. The Balaban J connectivity index is 1.76. The summed E-state index contributed by atoms with van der Waals surface area (Å²) < 4.78 is 5.69. The van der Waals surface area contributed by atoms with E-state index in [1.165, 1.54) is 16.7 Å². The molecule has 0 aliphatic heterocycles. The quantitative estimate of drug-likeness (QED) is 0.678. The van der Waals surface area contributed by atoms with Gasteiger partial charge in [0.1, 0.15) is 17.4 Å². The van der Waals surface area contributed by atoms with Crippen molar-refractivity contribution < 1.29 is 9.53 Å². The predicted octanol–water partition coefficient (Wildman–Crippen LogP) is 3.69. The predicted molar refractivity (Wildman–Crippen MR) is 75.8 cm³/mol. The molecule has 0 aliphatic rings. The second kappa shape index (κ2) is 5.20. The lowest BCUT2D eigenvalue weighted by molar-refractivity contribution is 0.112. The molecule has 2 aromatic carbocycles. The second-order valence-electron chi connectivity index (χ2n) is 4.07. The first-order valence-corrected chi connectivity index (χ1v) is 6.68. The number of carbonyl (C=O) groups is 1. The van der Waals surface area contributed by atoms with Gasteiger partial charge in [0.15, 0.2) is 6.29 Å². The summed E-state index contributed by atoms with van der Waals surface area (Å²) in [6.07, 6.45) is 2.37. The van der Waals surface area contributed by atoms with Crippen LogP contribution in [0.1, 0.15) is 14.7 Å². The number of rotatable bonds is 4.